The first kappa shape index (κ1) is 32.0. The lowest BCUT2D eigenvalue weighted by molar-refractivity contribution is -0.141. The number of aryl methyl sites for hydroxylation is 1. The Bertz CT molecular complexity index is 1820. The lowest BCUT2D eigenvalue weighted by Crippen LogP contribution is -2.55. The summed E-state index contributed by atoms with van der Waals surface area (Å²) in [5, 5.41) is 16.6. The third-order valence-electron chi connectivity index (χ3n) is 8.61. The number of halogens is 2. The number of carbonyl (C=O) groups excluding carboxylic acids is 2. The summed E-state index contributed by atoms with van der Waals surface area (Å²) in [4.78, 5) is 42.5. The van der Waals surface area contributed by atoms with Gasteiger partial charge in [0.15, 0.2) is 23.0 Å². The van der Waals surface area contributed by atoms with E-state index in [-0.39, 0.29) is 29.7 Å². The van der Waals surface area contributed by atoms with Crippen molar-refractivity contribution in [3.05, 3.63) is 71.7 Å². The average Bonchev–Trinajstić information content (AvgIpc) is 3.51. The van der Waals surface area contributed by atoms with Crippen molar-refractivity contribution in [3.63, 3.8) is 0 Å². The van der Waals surface area contributed by atoms with Crippen molar-refractivity contribution in [2.75, 3.05) is 58.2 Å². The number of hydrogen-bond acceptors (Lipinski definition) is 9. The van der Waals surface area contributed by atoms with Gasteiger partial charge in [0.05, 0.1) is 23.9 Å². The molecule has 0 unspecified atom stereocenters. The fraction of sp³-hybridized carbons (Fsp3) is 0.364. The maximum atomic E-state index is 15.1. The number of imidazole rings is 1. The Balaban J connectivity index is 1.14. The molecular weight excluding hydrogens is 610 g/mol. The number of hydrogen-bond donors (Lipinski definition) is 3. The molecule has 2 fully saturated rings. The lowest BCUT2D eigenvalue weighted by atomic mass is 9.93. The second kappa shape index (κ2) is 13.8. The number of ether oxygens (including phenoxy) is 1. The Kier molecular flexibility index (Phi) is 9.41. The Morgan fingerprint density at radius 1 is 1.13 bits per heavy atom. The number of piperazine rings is 1. The monoisotopic (exact) mass is 646 g/mol. The molecule has 2 amide bonds. The molecule has 2 aliphatic heterocycles. The van der Waals surface area contributed by atoms with Gasteiger partial charge >= 0.3 is 0 Å². The van der Waals surface area contributed by atoms with E-state index in [2.05, 4.69) is 25.6 Å². The number of aliphatic imine (C=N–C) groups is 1. The van der Waals surface area contributed by atoms with Crippen LogP contribution in [0.15, 0.2) is 53.9 Å². The number of aliphatic hydroxyl groups excluding tert-OH is 1. The summed E-state index contributed by atoms with van der Waals surface area (Å²) in [6.45, 7) is 4.64. The zero-order valence-electron chi connectivity index (χ0n) is 26.1. The molecule has 47 heavy (non-hydrogen) atoms. The highest BCUT2D eigenvalue weighted by Crippen LogP contribution is 2.32. The van der Waals surface area contributed by atoms with Crippen LogP contribution in [0.5, 0.6) is 5.75 Å². The van der Waals surface area contributed by atoms with Crippen molar-refractivity contribution < 1.29 is 28.2 Å². The minimum atomic E-state index is -1.10. The summed E-state index contributed by atoms with van der Waals surface area (Å²) < 4.78 is 36.8. The SMILES string of the molecule is CN=CCOc1ccc(-c2cnc3c(Nc4ccc(C(=O)N5CCN(C(=O)[C@H]6CCNC[C@@H]6O)CC5)c(C)c4)nccn23)c(F)c1F. The second-order valence-corrected chi connectivity index (χ2v) is 11.5. The zero-order valence-corrected chi connectivity index (χ0v) is 26.1. The van der Waals surface area contributed by atoms with Crippen molar-refractivity contribution in [2.45, 2.75) is 19.4 Å². The van der Waals surface area contributed by atoms with Crippen molar-refractivity contribution in [3.8, 4) is 17.0 Å². The number of piperidine rings is 1. The van der Waals surface area contributed by atoms with Gasteiger partial charge in [-0.25, -0.2) is 14.4 Å². The van der Waals surface area contributed by atoms with Gasteiger partial charge in [-0.15, -0.1) is 0 Å². The van der Waals surface area contributed by atoms with E-state index >= 15 is 4.39 Å². The van der Waals surface area contributed by atoms with Gasteiger partial charge in [-0.1, -0.05) is 0 Å². The van der Waals surface area contributed by atoms with Gasteiger partial charge < -0.3 is 30.3 Å². The molecule has 4 heterocycles. The Morgan fingerprint density at radius 3 is 2.66 bits per heavy atom. The summed E-state index contributed by atoms with van der Waals surface area (Å²) in [6.07, 6.45) is 5.93. The number of aromatic nitrogens is 3. The maximum Gasteiger partial charge on any atom is 0.254 e. The molecule has 246 valence electrons. The van der Waals surface area contributed by atoms with Crippen LogP contribution < -0.4 is 15.4 Å². The van der Waals surface area contributed by atoms with Crippen LogP contribution in [0.3, 0.4) is 0 Å². The van der Waals surface area contributed by atoms with Gasteiger partial charge in [0.2, 0.25) is 11.7 Å². The molecule has 0 aliphatic carbocycles. The molecule has 0 radical (unpaired) electrons. The topological polar surface area (TPSA) is 137 Å². The molecular formula is C33H36F2N8O4. The van der Waals surface area contributed by atoms with Gasteiger partial charge in [0.1, 0.15) is 6.61 Å². The number of nitrogens with zero attached hydrogens (tertiary/aromatic N) is 6. The number of benzene rings is 2. The summed E-state index contributed by atoms with van der Waals surface area (Å²) in [6, 6.07) is 8.14. The van der Waals surface area contributed by atoms with E-state index in [0.29, 0.717) is 74.1 Å². The number of fused-ring (bicyclic) bond motifs is 1. The smallest absolute Gasteiger partial charge is 0.254 e. The molecule has 6 rings (SSSR count). The van der Waals surface area contributed by atoms with E-state index in [1.54, 1.807) is 39.6 Å². The standard InChI is InChI=1S/C33H36F2N8O4/c1-20-17-21(3-4-22(20)32(45)41-12-14-42(15-13-41)33(46)24-7-8-37-19-26(24)44)40-30-31-39-18-25(43(31)11-9-38-30)23-5-6-27(29(35)28(23)34)47-16-10-36-2/h3-6,9-11,17-18,24,26,37,44H,7-8,12-16,19H2,1-2H3,(H,38,40)/t24-,26-/m0/s1. The number of amides is 2. The van der Waals surface area contributed by atoms with E-state index in [9.17, 15) is 19.1 Å². The number of aliphatic hydroxyl groups is 1. The van der Waals surface area contributed by atoms with E-state index in [1.807, 2.05) is 13.0 Å². The number of rotatable bonds is 8. The number of nitrogens with one attached hydrogen (secondary N) is 2. The summed E-state index contributed by atoms with van der Waals surface area (Å²) >= 11 is 0. The highest BCUT2D eigenvalue weighted by molar-refractivity contribution is 5.96. The predicted molar refractivity (Wildman–Crippen MR) is 172 cm³/mol. The predicted octanol–water partition coefficient (Wildman–Crippen LogP) is 3.06. The highest BCUT2D eigenvalue weighted by Gasteiger charge is 2.34. The summed E-state index contributed by atoms with van der Waals surface area (Å²) in [5.41, 5.74) is 2.69. The first-order valence-corrected chi connectivity index (χ1v) is 15.4. The molecule has 2 saturated heterocycles. The summed E-state index contributed by atoms with van der Waals surface area (Å²) in [7, 11) is 1.56. The van der Waals surface area contributed by atoms with Gasteiger partial charge in [-0.3, -0.25) is 19.0 Å². The van der Waals surface area contributed by atoms with Crippen LogP contribution >= 0.6 is 0 Å². The fourth-order valence-corrected chi connectivity index (χ4v) is 6.03. The second-order valence-electron chi connectivity index (χ2n) is 11.5. The molecule has 0 bridgehead atoms. The minimum Gasteiger partial charge on any atom is -0.485 e. The molecule has 12 nitrogen and oxygen atoms in total. The third kappa shape index (κ3) is 6.51. The fourth-order valence-electron chi connectivity index (χ4n) is 6.03. The quantitative estimate of drug-likeness (QED) is 0.249. The molecule has 4 aromatic rings. The first-order chi connectivity index (χ1) is 22.8. The molecule has 14 heteroatoms. The largest absolute Gasteiger partial charge is 0.485 e. The van der Waals surface area contributed by atoms with Gasteiger partial charge in [-0.05, 0) is 55.8 Å². The molecule has 2 aromatic carbocycles. The Hall–Kier alpha value is -4.95. The maximum absolute atomic E-state index is 15.1. The van der Waals surface area contributed by atoms with Crippen LogP contribution in [0.2, 0.25) is 0 Å². The van der Waals surface area contributed by atoms with Gasteiger partial charge in [-0.2, -0.15) is 4.39 Å². The van der Waals surface area contributed by atoms with Crippen LogP contribution in [0.1, 0.15) is 22.3 Å². The highest BCUT2D eigenvalue weighted by atomic mass is 19.2. The average molecular weight is 647 g/mol. The van der Waals surface area contributed by atoms with E-state index < -0.39 is 23.7 Å². The van der Waals surface area contributed by atoms with Crippen LogP contribution in [-0.2, 0) is 4.79 Å². The van der Waals surface area contributed by atoms with E-state index in [1.165, 1.54) is 30.7 Å². The van der Waals surface area contributed by atoms with Crippen molar-refractivity contribution in [1.82, 2.24) is 29.5 Å². The minimum absolute atomic E-state index is 0.0106. The number of carbonyl (C=O) groups is 2. The van der Waals surface area contributed by atoms with Crippen molar-refractivity contribution in [1.29, 1.82) is 0 Å². The number of β-amino-alcohol motifs (C(OH)–C–C–N with tert-alkyl or cyclic N) is 1. The summed E-state index contributed by atoms with van der Waals surface area (Å²) in [5.74, 6) is -2.57. The van der Waals surface area contributed by atoms with Gasteiger partial charge in [0.25, 0.3) is 5.91 Å². The zero-order chi connectivity index (χ0) is 33.1. The normalized spacial score (nSPS) is 18.6. The molecule has 2 aliphatic rings. The van der Waals surface area contributed by atoms with Crippen LogP contribution in [0.4, 0.5) is 20.3 Å². The molecule has 2 aromatic heterocycles. The van der Waals surface area contributed by atoms with E-state index in [0.717, 1.165) is 5.56 Å². The lowest BCUT2D eigenvalue weighted by Gasteiger charge is -2.38. The number of anilines is 2. The molecule has 3 N–H and O–H groups in total. The van der Waals surface area contributed by atoms with Crippen LogP contribution in [0, 0.1) is 24.5 Å². The molecule has 0 saturated carbocycles. The Labute approximate surface area is 270 Å². The third-order valence-corrected chi connectivity index (χ3v) is 8.61. The van der Waals surface area contributed by atoms with Crippen molar-refractivity contribution >= 4 is 35.2 Å². The van der Waals surface area contributed by atoms with Crippen LogP contribution in [0.25, 0.3) is 16.9 Å². The van der Waals surface area contributed by atoms with E-state index in [4.69, 9.17) is 4.74 Å². The van der Waals surface area contributed by atoms with Gasteiger partial charge in [0, 0.05) is 75.2 Å². The first-order valence-electron chi connectivity index (χ1n) is 15.4. The molecule has 0 spiro atoms. The van der Waals surface area contributed by atoms with Crippen molar-refractivity contribution in [2.24, 2.45) is 10.9 Å². The molecule has 2 atom stereocenters. The van der Waals surface area contributed by atoms with Crippen LogP contribution in [-0.4, -0.2) is 106 Å². The Morgan fingerprint density at radius 2 is 1.91 bits per heavy atom.